The third-order valence-electron chi connectivity index (χ3n) is 4.37. The topological polar surface area (TPSA) is 47.0 Å². The average Bonchev–Trinajstić information content (AvgIpc) is 2.49. The summed E-state index contributed by atoms with van der Waals surface area (Å²) in [6.45, 7) is 2.30. The minimum Gasteiger partial charge on any atom is -0.480 e. The van der Waals surface area contributed by atoms with Crippen molar-refractivity contribution in [1.29, 1.82) is 0 Å². The van der Waals surface area contributed by atoms with E-state index in [0.717, 1.165) is 11.6 Å². The summed E-state index contributed by atoms with van der Waals surface area (Å²) < 4.78 is 5.07. The summed E-state index contributed by atoms with van der Waals surface area (Å²) in [6.07, 6.45) is 6.61. The van der Waals surface area contributed by atoms with Gasteiger partial charge in [0.25, 0.3) is 0 Å². The molecule has 3 atom stereocenters. The van der Waals surface area contributed by atoms with Crippen molar-refractivity contribution in [3.8, 4) is 5.88 Å². The molecule has 0 bridgehead atoms. The van der Waals surface area contributed by atoms with E-state index in [-0.39, 0.29) is 0 Å². The standard InChI is InChI=1S/C15H25N3O/c1-4-11-6-5-7-12(10-11)15(16-2)13-8-9-14(19-3)18-17-13/h8-9,11-12,15-16H,4-7,10H2,1-3H3. The fourth-order valence-electron chi connectivity index (χ4n) is 3.24. The van der Waals surface area contributed by atoms with Crippen molar-refractivity contribution in [1.82, 2.24) is 15.5 Å². The first-order valence-electron chi connectivity index (χ1n) is 7.33. The summed E-state index contributed by atoms with van der Waals surface area (Å²) >= 11 is 0. The van der Waals surface area contributed by atoms with E-state index < -0.39 is 0 Å². The van der Waals surface area contributed by atoms with E-state index in [1.54, 1.807) is 7.11 Å². The van der Waals surface area contributed by atoms with Gasteiger partial charge in [0, 0.05) is 6.07 Å². The predicted octanol–water partition coefficient (Wildman–Crippen LogP) is 2.96. The Morgan fingerprint density at radius 1 is 1.37 bits per heavy atom. The lowest BCUT2D eigenvalue weighted by molar-refractivity contribution is 0.211. The number of hydrogen-bond acceptors (Lipinski definition) is 4. The summed E-state index contributed by atoms with van der Waals surface area (Å²) in [5.74, 6) is 2.13. The molecule has 19 heavy (non-hydrogen) atoms. The van der Waals surface area contributed by atoms with E-state index in [1.165, 1.54) is 32.1 Å². The molecule has 3 unspecified atom stereocenters. The van der Waals surface area contributed by atoms with Crippen LogP contribution in [0.5, 0.6) is 5.88 Å². The van der Waals surface area contributed by atoms with Gasteiger partial charge >= 0.3 is 0 Å². The Morgan fingerprint density at radius 3 is 2.79 bits per heavy atom. The van der Waals surface area contributed by atoms with Crippen LogP contribution in [0.1, 0.15) is 50.8 Å². The molecular weight excluding hydrogens is 238 g/mol. The van der Waals surface area contributed by atoms with Gasteiger partial charge in [-0.2, -0.15) is 5.10 Å². The highest BCUT2D eigenvalue weighted by atomic mass is 16.5. The molecular formula is C15H25N3O. The molecule has 0 aromatic carbocycles. The van der Waals surface area contributed by atoms with Crippen LogP contribution in [0.3, 0.4) is 0 Å². The van der Waals surface area contributed by atoms with E-state index in [9.17, 15) is 0 Å². The fourth-order valence-corrected chi connectivity index (χ4v) is 3.24. The second-order valence-electron chi connectivity index (χ2n) is 5.47. The van der Waals surface area contributed by atoms with Gasteiger partial charge in [0.2, 0.25) is 5.88 Å². The van der Waals surface area contributed by atoms with Crippen molar-refractivity contribution >= 4 is 0 Å². The zero-order chi connectivity index (χ0) is 13.7. The van der Waals surface area contributed by atoms with Gasteiger partial charge in [-0.05, 0) is 37.8 Å². The van der Waals surface area contributed by atoms with Gasteiger partial charge in [-0.1, -0.05) is 26.2 Å². The van der Waals surface area contributed by atoms with Crippen LogP contribution in [0.15, 0.2) is 12.1 Å². The third-order valence-corrected chi connectivity index (χ3v) is 4.37. The maximum atomic E-state index is 5.07. The minimum absolute atomic E-state index is 0.313. The van der Waals surface area contributed by atoms with Gasteiger partial charge in [0.1, 0.15) is 0 Å². The van der Waals surface area contributed by atoms with Crippen LogP contribution in [-0.2, 0) is 0 Å². The smallest absolute Gasteiger partial charge is 0.233 e. The Hall–Kier alpha value is -1.16. The monoisotopic (exact) mass is 263 g/mol. The molecule has 1 aromatic heterocycles. The Labute approximate surface area is 116 Å². The lowest BCUT2D eigenvalue weighted by Gasteiger charge is -2.33. The molecule has 1 saturated carbocycles. The van der Waals surface area contributed by atoms with Gasteiger partial charge < -0.3 is 10.1 Å². The van der Waals surface area contributed by atoms with Gasteiger partial charge in [-0.25, -0.2) is 0 Å². The Balaban J connectivity index is 2.09. The van der Waals surface area contributed by atoms with Gasteiger partial charge in [0.05, 0.1) is 18.8 Å². The second-order valence-corrected chi connectivity index (χ2v) is 5.47. The van der Waals surface area contributed by atoms with Crippen LogP contribution >= 0.6 is 0 Å². The summed E-state index contributed by atoms with van der Waals surface area (Å²) in [5.41, 5.74) is 1.03. The maximum Gasteiger partial charge on any atom is 0.233 e. The largest absolute Gasteiger partial charge is 0.480 e. The number of nitrogens with one attached hydrogen (secondary N) is 1. The summed E-state index contributed by atoms with van der Waals surface area (Å²) in [7, 11) is 3.64. The average molecular weight is 263 g/mol. The molecule has 0 radical (unpaired) electrons. The van der Waals surface area contributed by atoms with Crippen molar-refractivity contribution in [2.75, 3.05) is 14.2 Å². The summed E-state index contributed by atoms with van der Waals surface area (Å²) in [4.78, 5) is 0. The summed E-state index contributed by atoms with van der Waals surface area (Å²) in [6, 6.07) is 4.24. The van der Waals surface area contributed by atoms with Crippen LogP contribution in [-0.4, -0.2) is 24.4 Å². The van der Waals surface area contributed by atoms with Gasteiger partial charge in [-0.15, -0.1) is 5.10 Å². The third kappa shape index (κ3) is 3.44. The van der Waals surface area contributed by atoms with E-state index in [2.05, 4.69) is 22.4 Å². The molecule has 1 aliphatic carbocycles. The summed E-state index contributed by atoms with van der Waals surface area (Å²) in [5, 5.41) is 11.8. The van der Waals surface area contributed by atoms with Crippen LogP contribution in [0.25, 0.3) is 0 Å². The first-order valence-corrected chi connectivity index (χ1v) is 7.33. The molecule has 0 aliphatic heterocycles. The van der Waals surface area contributed by atoms with Crippen LogP contribution in [0.4, 0.5) is 0 Å². The molecule has 1 aromatic rings. The molecule has 2 rings (SSSR count). The number of rotatable bonds is 5. The zero-order valence-electron chi connectivity index (χ0n) is 12.2. The lowest BCUT2D eigenvalue weighted by atomic mass is 9.76. The Morgan fingerprint density at radius 2 is 2.21 bits per heavy atom. The van der Waals surface area contributed by atoms with Crippen LogP contribution in [0, 0.1) is 11.8 Å². The molecule has 1 heterocycles. The number of hydrogen-bond donors (Lipinski definition) is 1. The molecule has 4 heteroatoms. The van der Waals surface area contributed by atoms with E-state index >= 15 is 0 Å². The van der Waals surface area contributed by atoms with Gasteiger partial charge in [-0.3, -0.25) is 0 Å². The predicted molar refractivity (Wildman–Crippen MR) is 76.1 cm³/mol. The lowest BCUT2D eigenvalue weighted by Crippen LogP contribution is -2.30. The normalized spacial score (nSPS) is 25.0. The molecule has 1 fully saturated rings. The molecule has 0 spiro atoms. The Bertz CT molecular complexity index is 379. The second kappa shape index (κ2) is 6.85. The molecule has 0 amide bonds. The maximum absolute atomic E-state index is 5.07. The fraction of sp³-hybridized carbons (Fsp3) is 0.733. The van der Waals surface area contributed by atoms with E-state index in [0.29, 0.717) is 17.8 Å². The van der Waals surface area contributed by atoms with Crippen molar-refractivity contribution in [2.24, 2.45) is 11.8 Å². The van der Waals surface area contributed by atoms with Gasteiger partial charge in [0.15, 0.2) is 0 Å². The van der Waals surface area contributed by atoms with E-state index in [4.69, 9.17) is 4.74 Å². The van der Waals surface area contributed by atoms with E-state index in [1.807, 2.05) is 19.2 Å². The molecule has 0 saturated heterocycles. The number of nitrogens with zero attached hydrogens (tertiary/aromatic N) is 2. The van der Waals surface area contributed by atoms with Crippen LogP contribution < -0.4 is 10.1 Å². The first kappa shape index (κ1) is 14.3. The highest BCUT2D eigenvalue weighted by Gasteiger charge is 2.28. The molecule has 4 nitrogen and oxygen atoms in total. The highest BCUT2D eigenvalue weighted by Crippen LogP contribution is 2.37. The number of methoxy groups -OCH3 is 1. The number of aromatic nitrogens is 2. The van der Waals surface area contributed by atoms with Crippen LogP contribution in [0.2, 0.25) is 0 Å². The Kier molecular flexibility index (Phi) is 5.14. The first-order chi connectivity index (χ1) is 9.28. The van der Waals surface area contributed by atoms with Crippen molar-refractivity contribution in [2.45, 2.75) is 45.1 Å². The quantitative estimate of drug-likeness (QED) is 0.887. The molecule has 1 N–H and O–H groups in total. The highest BCUT2D eigenvalue weighted by molar-refractivity contribution is 5.15. The van der Waals surface area contributed by atoms with Crippen molar-refractivity contribution in [3.63, 3.8) is 0 Å². The SMILES string of the molecule is CCC1CCCC(C(NC)c2ccc(OC)nn2)C1. The molecule has 106 valence electrons. The van der Waals surface area contributed by atoms with Crippen molar-refractivity contribution in [3.05, 3.63) is 17.8 Å². The number of ether oxygens (including phenoxy) is 1. The molecule has 1 aliphatic rings. The minimum atomic E-state index is 0.313. The zero-order valence-corrected chi connectivity index (χ0v) is 12.2. The van der Waals surface area contributed by atoms with Crippen molar-refractivity contribution < 1.29 is 4.74 Å².